The van der Waals surface area contributed by atoms with Gasteiger partial charge in [-0.05, 0) is 29.5 Å². The summed E-state index contributed by atoms with van der Waals surface area (Å²) >= 11 is 0. The second-order valence-electron chi connectivity index (χ2n) is 8.99. The van der Waals surface area contributed by atoms with Gasteiger partial charge in [-0.3, -0.25) is 0 Å². The van der Waals surface area contributed by atoms with Crippen LogP contribution in [0.4, 0.5) is 0 Å². The summed E-state index contributed by atoms with van der Waals surface area (Å²) < 4.78 is 1.16. The number of hydrogen-bond donors (Lipinski definition) is 0. The number of fused-ring (bicyclic) bond motifs is 2. The number of piperidine rings is 1. The van der Waals surface area contributed by atoms with Crippen LogP contribution in [-0.4, -0.2) is 30.2 Å². The van der Waals surface area contributed by atoms with E-state index in [1.807, 2.05) is 12.1 Å². The third-order valence-corrected chi connectivity index (χ3v) is 7.55. The third-order valence-electron chi connectivity index (χ3n) is 7.55. The zero-order valence-electron chi connectivity index (χ0n) is 17.3. The Kier molecular flexibility index (Phi) is 6.86. The van der Waals surface area contributed by atoms with Crippen molar-refractivity contribution in [1.82, 2.24) is 0 Å². The second kappa shape index (κ2) is 9.02. The molecule has 2 aliphatic rings. The minimum Gasteiger partial charge on any atom is -1.00 e. The molecule has 152 valence electrons. The average molecular weight is 498 g/mol. The quantitative estimate of drug-likeness (QED) is 0.341. The van der Waals surface area contributed by atoms with Gasteiger partial charge in [0.15, 0.2) is 0 Å². The minimum absolute atomic E-state index is 0. The zero-order valence-corrected chi connectivity index (χ0v) is 19.5. The average Bonchev–Trinajstić information content (AvgIpc) is 2.90. The Hall–Kier alpha value is -1.64. The summed E-state index contributed by atoms with van der Waals surface area (Å²) in [5.41, 5.74) is 1.70. The topological polar surface area (TPSA) is 23.8 Å². The van der Waals surface area contributed by atoms with Crippen molar-refractivity contribution in [1.29, 1.82) is 5.26 Å². The largest absolute Gasteiger partial charge is 1.00 e. The van der Waals surface area contributed by atoms with E-state index in [0.29, 0.717) is 18.0 Å². The van der Waals surface area contributed by atoms with Gasteiger partial charge in [0.2, 0.25) is 0 Å². The molecule has 2 aliphatic heterocycles. The molecule has 2 fully saturated rings. The first-order valence-electron chi connectivity index (χ1n) is 10.6. The lowest BCUT2D eigenvalue weighted by Gasteiger charge is -2.48. The molecule has 2 saturated heterocycles. The number of nitrogens with zero attached hydrogens (tertiary/aromatic N) is 2. The lowest BCUT2D eigenvalue weighted by molar-refractivity contribution is -0.944. The standard InChI is InChI=1S/C26H31N2.HI/c1-3-16-28(2)24-14-15-25(28)18-21(17-24)19-26(20-27,22-10-6-4-7-11-22)23-12-8-5-9-13-23;/h3-13,21,24-25H,1,14-19H2,2H3;1H/q+1;/p-1/t21-,24+,25-,28?;. The van der Waals surface area contributed by atoms with Crippen molar-refractivity contribution >= 4 is 0 Å². The van der Waals surface area contributed by atoms with E-state index in [-0.39, 0.29) is 24.0 Å². The third kappa shape index (κ3) is 3.90. The molecule has 0 saturated carbocycles. The fourth-order valence-corrected chi connectivity index (χ4v) is 6.05. The molecule has 29 heavy (non-hydrogen) atoms. The molecule has 2 aromatic rings. The molecule has 0 N–H and O–H groups in total. The number of benzene rings is 2. The van der Waals surface area contributed by atoms with Crippen LogP contribution in [0.3, 0.4) is 0 Å². The Morgan fingerprint density at radius 3 is 1.90 bits per heavy atom. The monoisotopic (exact) mass is 498 g/mol. The molecule has 0 amide bonds. The summed E-state index contributed by atoms with van der Waals surface area (Å²) in [5, 5.41) is 10.5. The molecule has 4 atom stereocenters. The summed E-state index contributed by atoms with van der Waals surface area (Å²) in [7, 11) is 2.42. The maximum absolute atomic E-state index is 10.5. The first-order chi connectivity index (χ1) is 13.6. The van der Waals surface area contributed by atoms with Crippen LogP contribution in [0.2, 0.25) is 0 Å². The first kappa shape index (κ1) is 22.1. The molecule has 2 heterocycles. The van der Waals surface area contributed by atoms with Gasteiger partial charge in [0.25, 0.3) is 0 Å². The number of halogens is 1. The Bertz CT molecular complexity index is 802. The number of nitriles is 1. The molecule has 2 bridgehead atoms. The molecule has 0 spiro atoms. The van der Waals surface area contributed by atoms with Gasteiger partial charge in [0, 0.05) is 25.7 Å². The van der Waals surface area contributed by atoms with Crippen LogP contribution >= 0.6 is 0 Å². The zero-order chi connectivity index (χ0) is 19.6. The van der Waals surface area contributed by atoms with E-state index >= 15 is 0 Å². The summed E-state index contributed by atoms with van der Waals surface area (Å²) in [4.78, 5) is 0. The maximum atomic E-state index is 10.5. The van der Waals surface area contributed by atoms with E-state index in [4.69, 9.17) is 0 Å². The van der Waals surface area contributed by atoms with Crippen molar-refractivity contribution in [2.24, 2.45) is 5.92 Å². The molecule has 0 aliphatic carbocycles. The SMILES string of the molecule is C=CC[N+]1(C)[C@@H]2CC[C@H]1C[C@@H](CC(C#N)(c1ccccc1)c1ccccc1)C2.[I-]. The highest BCUT2D eigenvalue weighted by molar-refractivity contribution is 5.45. The molecular formula is C26H31IN2. The van der Waals surface area contributed by atoms with Crippen LogP contribution < -0.4 is 24.0 Å². The number of quaternary nitrogens is 1. The van der Waals surface area contributed by atoms with Gasteiger partial charge >= 0.3 is 0 Å². The van der Waals surface area contributed by atoms with E-state index in [2.05, 4.69) is 74.3 Å². The predicted octanol–water partition coefficient (Wildman–Crippen LogP) is 2.46. The van der Waals surface area contributed by atoms with Gasteiger partial charge < -0.3 is 28.5 Å². The summed E-state index contributed by atoms with van der Waals surface area (Å²) in [6.45, 7) is 5.08. The Balaban J connectivity index is 0.00000240. The van der Waals surface area contributed by atoms with E-state index in [1.165, 1.54) is 25.7 Å². The molecule has 0 aromatic heterocycles. The van der Waals surface area contributed by atoms with Crippen LogP contribution in [0.15, 0.2) is 73.3 Å². The minimum atomic E-state index is -0.564. The van der Waals surface area contributed by atoms with E-state index in [0.717, 1.165) is 28.6 Å². The van der Waals surface area contributed by atoms with Crippen LogP contribution in [0.25, 0.3) is 0 Å². The fraction of sp³-hybridized carbons (Fsp3) is 0.423. The van der Waals surface area contributed by atoms with E-state index in [1.54, 1.807) is 0 Å². The van der Waals surface area contributed by atoms with Crippen LogP contribution in [0, 0.1) is 17.2 Å². The highest BCUT2D eigenvalue weighted by Gasteiger charge is 2.52. The molecular weight excluding hydrogens is 467 g/mol. The Morgan fingerprint density at radius 1 is 1.00 bits per heavy atom. The van der Waals surface area contributed by atoms with Gasteiger partial charge in [-0.1, -0.05) is 67.2 Å². The van der Waals surface area contributed by atoms with Crippen molar-refractivity contribution in [2.45, 2.75) is 49.6 Å². The summed E-state index contributed by atoms with van der Waals surface area (Å²) in [6.07, 6.45) is 8.11. The lowest BCUT2D eigenvalue weighted by atomic mass is 9.67. The van der Waals surface area contributed by atoms with Crippen molar-refractivity contribution < 1.29 is 28.5 Å². The highest BCUT2D eigenvalue weighted by Crippen LogP contribution is 2.48. The van der Waals surface area contributed by atoms with Gasteiger partial charge in [0.05, 0.1) is 31.7 Å². The number of hydrogen-bond acceptors (Lipinski definition) is 1. The molecule has 1 unspecified atom stereocenters. The Morgan fingerprint density at radius 2 is 1.48 bits per heavy atom. The molecule has 2 nitrogen and oxygen atoms in total. The smallest absolute Gasteiger partial charge is 0.107 e. The van der Waals surface area contributed by atoms with Crippen LogP contribution in [0.1, 0.15) is 43.2 Å². The molecule has 4 rings (SSSR count). The fourth-order valence-electron chi connectivity index (χ4n) is 6.05. The van der Waals surface area contributed by atoms with Gasteiger partial charge in [0.1, 0.15) is 5.41 Å². The van der Waals surface area contributed by atoms with E-state index in [9.17, 15) is 5.26 Å². The van der Waals surface area contributed by atoms with Crippen molar-refractivity contribution in [3.8, 4) is 6.07 Å². The van der Waals surface area contributed by atoms with Crippen molar-refractivity contribution in [3.05, 3.63) is 84.4 Å². The van der Waals surface area contributed by atoms with Crippen molar-refractivity contribution in [2.75, 3.05) is 13.6 Å². The number of likely N-dealkylation sites (N-methyl/N-ethyl adjacent to an activating group) is 1. The molecule has 0 radical (unpaired) electrons. The summed E-state index contributed by atoms with van der Waals surface area (Å²) in [6, 6.07) is 25.0. The van der Waals surface area contributed by atoms with Crippen LogP contribution in [-0.2, 0) is 5.41 Å². The Labute approximate surface area is 192 Å². The molecule has 3 heteroatoms. The predicted molar refractivity (Wildman–Crippen MR) is 115 cm³/mol. The first-order valence-corrected chi connectivity index (χ1v) is 10.6. The maximum Gasteiger partial charge on any atom is 0.107 e. The lowest BCUT2D eigenvalue weighted by Crippen LogP contribution is -3.00. The van der Waals surface area contributed by atoms with Gasteiger partial charge in [-0.2, -0.15) is 5.26 Å². The summed E-state index contributed by atoms with van der Waals surface area (Å²) in [5.74, 6) is 0.591. The number of rotatable bonds is 6. The normalized spacial score (nSPS) is 28.2. The van der Waals surface area contributed by atoms with Gasteiger partial charge in [-0.25, -0.2) is 0 Å². The second-order valence-corrected chi connectivity index (χ2v) is 8.99. The highest BCUT2D eigenvalue weighted by atomic mass is 127. The van der Waals surface area contributed by atoms with Gasteiger partial charge in [-0.15, -0.1) is 0 Å². The van der Waals surface area contributed by atoms with E-state index < -0.39 is 5.41 Å². The van der Waals surface area contributed by atoms with Crippen molar-refractivity contribution in [3.63, 3.8) is 0 Å². The van der Waals surface area contributed by atoms with Crippen LogP contribution in [0.5, 0.6) is 0 Å². The molecule has 2 aromatic carbocycles.